The molecule has 3 nitrogen and oxygen atoms in total. The van der Waals surface area contributed by atoms with Crippen molar-refractivity contribution in [2.45, 2.75) is 44.7 Å². The summed E-state index contributed by atoms with van der Waals surface area (Å²) in [6.07, 6.45) is 9.21. The molecule has 0 saturated heterocycles. The highest BCUT2D eigenvalue weighted by Gasteiger charge is 2.18. The SMILES string of the molecule is CC(c1cccs1)n1ccnc1NC1CCCC1. The third kappa shape index (κ3) is 2.29. The van der Waals surface area contributed by atoms with Gasteiger partial charge in [0.25, 0.3) is 0 Å². The van der Waals surface area contributed by atoms with Gasteiger partial charge in [0.2, 0.25) is 5.95 Å². The Kier molecular flexibility index (Phi) is 3.37. The van der Waals surface area contributed by atoms with E-state index in [1.54, 1.807) is 11.3 Å². The Morgan fingerprint density at radius 1 is 1.44 bits per heavy atom. The number of hydrogen-bond donors (Lipinski definition) is 1. The van der Waals surface area contributed by atoms with Crippen LogP contribution in [-0.4, -0.2) is 15.6 Å². The van der Waals surface area contributed by atoms with Crippen molar-refractivity contribution in [2.75, 3.05) is 5.32 Å². The molecule has 0 amide bonds. The van der Waals surface area contributed by atoms with Gasteiger partial charge in [-0.05, 0) is 31.2 Å². The predicted octanol–water partition coefficient (Wildman–Crippen LogP) is 3.91. The molecule has 18 heavy (non-hydrogen) atoms. The zero-order valence-electron chi connectivity index (χ0n) is 10.7. The number of anilines is 1. The molecule has 1 saturated carbocycles. The Balaban J connectivity index is 1.78. The molecule has 1 unspecified atom stereocenters. The first kappa shape index (κ1) is 11.8. The molecule has 0 spiro atoms. The van der Waals surface area contributed by atoms with Gasteiger partial charge in [-0.3, -0.25) is 0 Å². The van der Waals surface area contributed by atoms with Crippen molar-refractivity contribution in [2.24, 2.45) is 0 Å². The van der Waals surface area contributed by atoms with Gasteiger partial charge in [0, 0.05) is 23.3 Å². The van der Waals surface area contributed by atoms with Crippen LogP contribution < -0.4 is 5.32 Å². The summed E-state index contributed by atoms with van der Waals surface area (Å²) in [5, 5.41) is 5.72. The normalized spacial score (nSPS) is 18.1. The van der Waals surface area contributed by atoms with E-state index in [9.17, 15) is 0 Å². The van der Waals surface area contributed by atoms with E-state index in [1.165, 1.54) is 30.6 Å². The molecule has 1 aliphatic rings. The molecule has 0 bridgehead atoms. The summed E-state index contributed by atoms with van der Waals surface area (Å²) >= 11 is 1.80. The van der Waals surface area contributed by atoms with Gasteiger partial charge in [-0.1, -0.05) is 18.9 Å². The number of imidazole rings is 1. The zero-order chi connectivity index (χ0) is 12.4. The van der Waals surface area contributed by atoms with Crippen molar-refractivity contribution in [1.29, 1.82) is 0 Å². The maximum atomic E-state index is 4.47. The maximum Gasteiger partial charge on any atom is 0.203 e. The quantitative estimate of drug-likeness (QED) is 0.904. The number of hydrogen-bond acceptors (Lipinski definition) is 3. The van der Waals surface area contributed by atoms with Crippen LogP contribution in [0.25, 0.3) is 0 Å². The van der Waals surface area contributed by atoms with E-state index in [1.807, 2.05) is 6.20 Å². The molecule has 1 atom stereocenters. The average molecular weight is 261 g/mol. The van der Waals surface area contributed by atoms with E-state index in [0.717, 1.165) is 5.95 Å². The van der Waals surface area contributed by atoms with Gasteiger partial charge >= 0.3 is 0 Å². The molecule has 2 heterocycles. The molecule has 0 radical (unpaired) electrons. The molecule has 0 aliphatic heterocycles. The molecular weight excluding hydrogens is 242 g/mol. The molecular formula is C14H19N3S. The summed E-state index contributed by atoms with van der Waals surface area (Å²) in [7, 11) is 0. The fraction of sp³-hybridized carbons (Fsp3) is 0.500. The fourth-order valence-corrected chi connectivity index (χ4v) is 3.44. The Labute approximate surface area is 112 Å². The summed E-state index contributed by atoms with van der Waals surface area (Å²) < 4.78 is 2.24. The van der Waals surface area contributed by atoms with Crippen LogP contribution in [0.15, 0.2) is 29.9 Å². The molecule has 96 valence electrons. The largest absolute Gasteiger partial charge is 0.353 e. The van der Waals surface area contributed by atoms with E-state index in [-0.39, 0.29) is 0 Å². The van der Waals surface area contributed by atoms with Crippen molar-refractivity contribution < 1.29 is 0 Å². The van der Waals surface area contributed by atoms with Crippen LogP contribution in [0, 0.1) is 0 Å². The van der Waals surface area contributed by atoms with E-state index in [2.05, 4.69) is 45.5 Å². The molecule has 4 heteroatoms. The lowest BCUT2D eigenvalue weighted by atomic mass is 10.2. The highest BCUT2D eigenvalue weighted by molar-refractivity contribution is 7.10. The van der Waals surface area contributed by atoms with Gasteiger partial charge in [-0.2, -0.15) is 0 Å². The van der Waals surface area contributed by atoms with Crippen molar-refractivity contribution in [1.82, 2.24) is 9.55 Å². The van der Waals surface area contributed by atoms with E-state index < -0.39 is 0 Å². The number of thiophene rings is 1. The molecule has 2 aromatic rings. The van der Waals surface area contributed by atoms with Gasteiger partial charge in [0.05, 0.1) is 6.04 Å². The highest BCUT2D eigenvalue weighted by Crippen LogP contribution is 2.27. The molecule has 3 rings (SSSR count). The number of nitrogens with one attached hydrogen (secondary N) is 1. The highest BCUT2D eigenvalue weighted by atomic mass is 32.1. The second kappa shape index (κ2) is 5.14. The number of rotatable bonds is 4. The molecule has 0 aromatic carbocycles. The summed E-state index contributed by atoms with van der Waals surface area (Å²) in [6, 6.07) is 5.27. The van der Waals surface area contributed by atoms with E-state index >= 15 is 0 Å². The number of nitrogens with zero attached hydrogens (tertiary/aromatic N) is 2. The Bertz CT molecular complexity index is 483. The summed E-state index contributed by atoms with van der Waals surface area (Å²) in [5.41, 5.74) is 0. The maximum absolute atomic E-state index is 4.47. The second-order valence-electron chi connectivity index (χ2n) is 4.98. The van der Waals surface area contributed by atoms with Crippen LogP contribution in [0.1, 0.15) is 43.5 Å². The molecule has 1 N–H and O–H groups in total. The van der Waals surface area contributed by atoms with E-state index in [0.29, 0.717) is 12.1 Å². The van der Waals surface area contributed by atoms with Gasteiger partial charge in [0.1, 0.15) is 0 Å². The van der Waals surface area contributed by atoms with Gasteiger partial charge in [-0.25, -0.2) is 4.98 Å². The van der Waals surface area contributed by atoms with Gasteiger partial charge in [-0.15, -0.1) is 11.3 Å². The molecule has 1 fully saturated rings. The molecule has 1 aliphatic carbocycles. The first-order chi connectivity index (χ1) is 8.84. The van der Waals surface area contributed by atoms with Crippen LogP contribution in [0.2, 0.25) is 0 Å². The lowest BCUT2D eigenvalue weighted by Crippen LogP contribution is -2.19. The lowest BCUT2D eigenvalue weighted by Gasteiger charge is -2.18. The van der Waals surface area contributed by atoms with Crippen LogP contribution >= 0.6 is 11.3 Å². The average Bonchev–Trinajstić information content (AvgIpc) is 3.12. The summed E-state index contributed by atoms with van der Waals surface area (Å²) in [4.78, 5) is 5.84. The third-order valence-corrected chi connectivity index (χ3v) is 4.77. The lowest BCUT2D eigenvalue weighted by molar-refractivity contribution is 0.639. The minimum Gasteiger partial charge on any atom is -0.353 e. The standard InChI is InChI=1S/C14H19N3S/c1-11(13-7-4-10-18-13)17-9-8-15-14(17)16-12-5-2-3-6-12/h4,7-12H,2-3,5-6H2,1H3,(H,15,16). The van der Waals surface area contributed by atoms with Crippen molar-refractivity contribution in [3.05, 3.63) is 34.8 Å². The zero-order valence-corrected chi connectivity index (χ0v) is 11.5. The van der Waals surface area contributed by atoms with Gasteiger partial charge in [0.15, 0.2) is 0 Å². The third-order valence-electron chi connectivity index (χ3n) is 3.73. The molecule has 2 aromatic heterocycles. The van der Waals surface area contributed by atoms with Crippen LogP contribution in [0.4, 0.5) is 5.95 Å². The Morgan fingerprint density at radius 3 is 3.00 bits per heavy atom. The minimum absolute atomic E-state index is 0.358. The Morgan fingerprint density at radius 2 is 2.28 bits per heavy atom. The first-order valence-corrected chi connectivity index (χ1v) is 7.55. The fourth-order valence-electron chi connectivity index (χ4n) is 2.66. The predicted molar refractivity (Wildman–Crippen MR) is 76.2 cm³/mol. The topological polar surface area (TPSA) is 29.9 Å². The van der Waals surface area contributed by atoms with E-state index in [4.69, 9.17) is 0 Å². The summed E-state index contributed by atoms with van der Waals surface area (Å²) in [6.45, 7) is 2.23. The second-order valence-corrected chi connectivity index (χ2v) is 5.95. The van der Waals surface area contributed by atoms with Crippen molar-refractivity contribution in [3.63, 3.8) is 0 Å². The van der Waals surface area contributed by atoms with Crippen LogP contribution in [-0.2, 0) is 0 Å². The van der Waals surface area contributed by atoms with Crippen LogP contribution in [0.5, 0.6) is 0 Å². The first-order valence-electron chi connectivity index (χ1n) is 6.67. The van der Waals surface area contributed by atoms with Crippen molar-refractivity contribution in [3.8, 4) is 0 Å². The Hall–Kier alpha value is -1.29. The monoisotopic (exact) mass is 261 g/mol. The smallest absolute Gasteiger partial charge is 0.203 e. The van der Waals surface area contributed by atoms with Crippen LogP contribution in [0.3, 0.4) is 0 Å². The van der Waals surface area contributed by atoms with Crippen molar-refractivity contribution >= 4 is 17.3 Å². The summed E-state index contributed by atoms with van der Waals surface area (Å²) in [5.74, 6) is 1.02. The minimum atomic E-state index is 0.358. The number of aromatic nitrogens is 2. The van der Waals surface area contributed by atoms with Gasteiger partial charge < -0.3 is 9.88 Å².